The summed E-state index contributed by atoms with van der Waals surface area (Å²) in [6, 6.07) is 4.80. The van der Waals surface area contributed by atoms with E-state index in [1.165, 1.54) is 6.07 Å². The summed E-state index contributed by atoms with van der Waals surface area (Å²) in [7, 11) is 0. The van der Waals surface area contributed by atoms with Gasteiger partial charge in [0.2, 0.25) is 0 Å². The first-order valence-corrected chi connectivity index (χ1v) is 12.3. The molecule has 0 amide bonds. The summed E-state index contributed by atoms with van der Waals surface area (Å²) in [6.07, 6.45) is 4.66. The van der Waals surface area contributed by atoms with Gasteiger partial charge in [0.15, 0.2) is 12.1 Å². The fraction of sp³-hybridized carbons (Fsp3) is 0.500. The number of anilines is 1. The van der Waals surface area contributed by atoms with Crippen molar-refractivity contribution < 1.29 is 13.7 Å². The Labute approximate surface area is 193 Å². The van der Waals surface area contributed by atoms with E-state index in [0.29, 0.717) is 29.2 Å². The third-order valence-corrected chi connectivity index (χ3v) is 8.22. The molecule has 2 heterocycles. The van der Waals surface area contributed by atoms with Gasteiger partial charge in [-0.15, -0.1) is 4.72 Å². The van der Waals surface area contributed by atoms with Gasteiger partial charge in [0, 0.05) is 29.9 Å². The topological polar surface area (TPSA) is 81.2 Å². The van der Waals surface area contributed by atoms with E-state index >= 15 is 0 Å². The summed E-state index contributed by atoms with van der Waals surface area (Å²) >= 11 is 2.01. The molecule has 1 fully saturated rings. The maximum Gasteiger partial charge on any atom is 0.172 e. The molecule has 2 atom stereocenters. The van der Waals surface area contributed by atoms with E-state index in [4.69, 9.17) is 0 Å². The number of carbonyl (C=O) groups excluding carboxylic acids is 1. The number of nitrogens with zero attached hydrogens (tertiary/aromatic N) is 3. The normalized spacial score (nSPS) is 21.2. The SMILES string of the molecule is CC(C)(C)[S+]([O-])N[C@@H]1c2ccc(F)cc2CC12CCN(c1ncc(Br)nc1C=O)CC2. The largest absolute Gasteiger partial charge is 0.598 e. The van der Waals surface area contributed by atoms with Crippen molar-refractivity contribution in [1.82, 2.24) is 14.7 Å². The predicted octanol–water partition coefficient (Wildman–Crippen LogP) is 4.13. The Morgan fingerprint density at radius 3 is 2.71 bits per heavy atom. The number of hydrogen-bond donors (Lipinski definition) is 1. The first kappa shape index (κ1) is 22.6. The minimum absolute atomic E-state index is 0.119. The molecule has 1 aliphatic carbocycles. The smallest absolute Gasteiger partial charge is 0.172 e. The van der Waals surface area contributed by atoms with E-state index < -0.39 is 16.1 Å². The number of benzene rings is 1. The van der Waals surface area contributed by atoms with Gasteiger partial charge in [-0.25, -0.2) is 14.4 Å². The van der Waals surface area contributed by atoms with Gasteiger partial charge >= 0.3 is 0 Å². The van der Waals surface area contributed by atoms with Gasteiger partial charge < -0.3 is 9.45 Å². The zero-order valence-electron chi connectivity index (χ0n) is 17.8. The van der Waals surface area contributed by atoms with Crippen LogP contribution in [0, 0.1) is 11.2 Å². The number of rotatable bonds is 4. The van der Waals surface area contributed by atoms with Crippen LogP contribution in [-0.4, -0.2) is 38.6 Å². The van der Waals surface area contributed by atoms with Crippen molar-refractivity contribution in [2.75, 3.05) is 18.0 Å². The molecule has 1 aromatic heterocycles. The summed E-state index contributed by atoms with van der Waals surface area (Å²) in [5.74, 6) is 0.335. The summed E-state index contributed by atoms with van der Waals surface area (Å²) < 4.78 is 30.4. The van der Waals surface area contributed by atoms with Crippen molar-refractivity contribution in [2.24, 2.45) is 5.41 Å². The molecule has 1 saturated heterocycles. The minimum atomic E-state index is -1.25. The Kier molecular flexibility index (Phi) is 6.15. The van der Waals surface area contributed by atoms with Gasteiger partial charge in [-0.05, 0) is 79.2 Å². The molecule has 2 aliphatic rings. The molecule has 31 heavy (non-hydrogen) atoms. The molecule has 0 radical (unpaired) electrons. The number of aldehydes is 1. The third kappa shape index (κ3) is 4.37. The number of hydrogen-bond acceptors (Lipinski definition) is 6. The quantitative estimate of drug-likeness (QED) is 0.493. The van der Waals surface area contributed by atoms with Crippen LogP contribution in [-0.2, 0) is 17.8 Å². The van der Waals surface area contributed by atoms with Crippen LogP contribution in [0.4, 0.5) is 10.2 Å². The Bertz CT molecular complexity index is 992. The van der Waals surface area contributed by atoms with Crippen molar-refractivity contribution in [2.45, 2.75) is 50.8 Å². The van der Waals surface area contributed by atoms with Gasteiger partial charge in [0.05, 0.1) is 12.2 Å². The van der Waals surface area contributed by atoms with Crippen molar-refractivity contribution in [3.63, 3.8) is 0 Å². The molecule has 9 heteroatoms. The molecule has 1 N–H and O–H groups in total. The zero-order valence-corrected chi connectivity index (χ0v) is 20.2. The number of aromatic nitrogens is 2. The van der Waals surface area contributed by atoms with Crippen molar-refractivity contribution in [3.05, 3.63) is 51.6 Å². The lowest BCUT2D eigenvalue weighted by Gasteiger charge is -2.44. The van der Waals surface area contributed by atoms with Crippen LogP contribution in [0.3, 0.4) is 0 Å². The number of nitrogens with one attached hydrogen (secondary N) is 1. The molecule has 1 unspecified atom stereocenters. The lowest BCUT2D eigenvalue weighted by Crippen LogP contribution is -2.50. The van der Waals surface area contributed by atoms with E-state index in [-0.39, 0.29) is 17.3 Å². The predicted molar refractivity (Wildman–Crippen MR) is 123 cm³/mol. The van der Waals surface area contributed by atoms with Gasteiger partial charge in [0.25, 0.3) is 0 Å². The summed E-state index contributed by atoms with van der Waals surface area (Å²) in [5, 5.41) is 0. The van der Waals surface area contributed by atoms with Crippen LogP contribution in [0.1, 0.15) is 61.3 Å². The fourth-order valence-corrected chi connectivity index (χ4v) is 5.86. The average molecular weight is 509 g/mol. The van der Waals surface area contributed by atoms with Crippen molar-refractivity contribution >= 4 is 39.4 Å². The van der Waals surface area contributed by atoms with Gasteiger partial charge in [-0.3, -0.25) is 4.79 Å². The molecule has 6 nitrogen and oxygen atoms in total. The molecule has 2 aromatic rings. The highest BCUT2D eigenvalue weighted by molar-refractivity contribution is 9.10. The molecular weight excluding hydrogens is 483 g/mol. The highest BCUT2D eigenvalue weighted by Gasteiger charge is 2.50. The standard InChI is InChI=1S/C22H26BrFN4O2S/c1-21(2,3)31(30)27-19-16-5-4-15(24)10-14(16)11-22(19)6-8-28(9-7-22)20-17(13-29)26-18(23)12-25-20/h4-5,10,12-13,19,27H,6-9,11H2,1-3H3/t19-,31?/m1/s1. The number of halogens is 2. The maximum absolute atomic E-state index is 14.0. The minimum Gasteiger partial charge on any atom is -0.598 e. The molecule has 0 saturated carbocycles. The van der Waals surface area contributed by atoms with E-state index in [0.717, 1.165) is 36.7 Å². The second kappa shape index (κ2) is 8.42. The van der Waals surface area contributed by atoms with Crippen molar-refractivity contribution in [3.8, 4) is 0 Å². The molecule has 1 aliphatic heterocycles. The second-order valence-electron chi connectivity index (χ2n) is 9.32. The number of carbonyl (C=O) groups is 1. The van der Waals surface area contributed by atoms with Crippen LogP contribution in [0.2, 0.25) is 0 Å². The van der Waals surface area contributed by atoms with Gasteiger partial charge in [-0.2, -0.15) is 0 Å². The van der Waals surface area contributed by atoms with Crippen molar-refractivity contribution in [1.29, 1.82) is 0 Å². The number of fused-ring (bicyclic) bond motifs is 1. The van der Waals surface area contributed by atoms with Crippen LogP contribution in [0.15, 0.2) is 29.0 Å². The Hall–Kier alpha value is -1.55. The first-order chi connectivity index (χ1) is 14.6. The molecule has 1 spiro atoms. The lowest BCUT2D eigenvalue weighted by atomic mass is 9.73. The fourth-order valence-electron chi connectivity index (χ4n) is 4.62. The van der Waals surface area contributed by atoms with E-state index in [9.17, 15) is 13.7 Å². The van der Waals surface area contributed by atoms with Gasteiger partial charge in [-0.1, -0.05) is 6.07 Å². The highest BCUT2D eigenvalue weighted by atomic mass is 79.9. The van der Waals surface area contributed by atoms with E-state index in [1.54, 1.807) is 12.3 Å². The van der Waals surface area contributed by atoms with Crippen LogP contribution >= 0.6 is 15.9 Å². The second-order valence-corrected chi connectivity index (χ2v) is 12.1. The molecule has 166 valence electrons. The first-order valence-electron chi connectivity index (χ1n) is 10.3. The Balaban J connectivity index is 1.61. The zero-order chi connectivity index (χ0) is 22.4. The molecule has 0 bridgehead atoms. The molecular formula is C22H26BrFN4O2S. The summed E-state index contributed by atoms with van der Waals surface area (Å²) in [5.41, 5.74) is 2.15. The van der Waals surface area contributed by atoms with E-state index in [1.807, 2.05) is 26.8 Å². The average Bonchev–Trinajstić information content (AvgIpc) is 2.99. The lowest BCUT2D eigenvalue weighted by molar-refractivity contribution is 0.111. The summed E-state index contributed by atoms with van der Waals surface area (Å²) in [6.45, 7) is 7.21. The Morgan fingerprint density at radius 1 is 1.35 bits per heavy atom. The highest BCUT2D eigenvalue weighted by Crippen LogP contribution is 2.53. The summed E-state index contributed by atoms with van der Waals surface area (Å²) in [4.78, 5) is 22.2. The molecule has 4 rings (SSSR count). The van der Waals surface area contributed by atoms with Gasteiger partial charge in [0.1, 0.15) is 20.9 Å². The van der Waals surface area contributed by atoms with Crippen LogP contribution < -0.4 is 9.62 Å². The third-order valence-electron chi connectivity index (χ3n) is 6.27. The van der Waals surface area contributed by atoms with E-state index in [2.05, 4.69) is 35.5 Å². The Morgan fingerprint density at radius 2 is 2.06 bits per heavy atom. The van der Waals surface area contributed by atoms with Crippen LogP contribution in [0.25, 0.3) is 0 Å². The van der Waals surface area contributed by atoms with Crippen LogP contribution in [0.5, 0.6) is 0 Å². The maximum atomic E-state index is 14.0. The number of piperidine rings is 1. The monoisotopic (exact) mass is 508 g/mol. The molecule has 1 aromatic carbocycles.